The third-order valence-corrected chi connectivity index (χ3v) is 4.26. The minimum Gasteiger partial charge on any atom is -0.497 e. The van der Waals surface area contributed by atoms with E-state index >= 15 is 0 Å². The van der Waals surface area contributed by atoms with Gasteiger partial charge in [-0.15, -0.1) is 11.3 Å². The zero-order valence-corrected chi connectivity index (χ0v) is 15.2. The second kappa shape index (κ2) is 8.60. The Hall–Kier alpha value is -3.70. The van der Waals surface area contributed by atoms with E-state index in [9.17, 15) is 10.1 Å². The highest BCUT2D eigenvalue weighted by Crippen LogP contribution is 2.24. The molecule has 7 nitrogen and oxygen atoms in total. The summed E-state index contributed by atoms with van der Waals surface area (Å²) in [5.41, 5.74) is 4.70. The van der Waals surface area contributed by atoms with E-state index in [-0.39, 0.29) is 5.71 Å². The molecule has 1 aromatic heterocycles. The lowest BCUT2D eigenvalue weighted by molar-refractivity contribution is -0.110. The Kier molecular flexibility index (Phi) is 5.77. The van der Waals surface area contributed by atoms with Crippen molar-refractivity contribution in [2.45, 2.75) is 0 Å². The number of amides is 1. The molecule has 0 radical (unpaired) electrons. The van der Waals surface area contributed by atoms with Crippen LogP contribution in [0.2, 0.25) is 0 Å². The number of nitriles is 1. The number of nitrogens with zero attached hydrogens (tertiary/aromatic N) is 3. The maximum absolute atomic E-state index is 12.3. The third-order valence-electron chi connectivity index (χ3n) is 3.50. The first-order valence-electron chi connectivity index (χ1n) is 7.90. The molecule has 0 atom stereocenters. The predicted octanol–water partition coefficient (Wildman–Crippen LogP) is 3.75. The van der Waals surface area contributed by atoms with Gasteiger partial charge in [0.1, 0.15) is 11.8 Å². The molecule has 0 unspecified atom stereocenters. The average Bonchev–Trinajstić information content (AvgIpc) is 3.18. The zero-order chi connectivity index (χ0) is 19.1. The summed E-state index contributed by atoms with van der Waals surface area (Å²) >= 11 is 1.28. The minimum absolute atomic E-state index is 0.303. The number of ether oxygens (including phenoxy) is 1. The molecule has 0 aliphatic rings. The van der Waals surface area contributed by atoms with Crippen LogP contribution >= 0.6 is 11.3 Å². The molecule has 8 heteroatoms. The largest absolute Gasteiger partial charge is 0.497 e. The fourth-order valence-corrected chi connectivity index (χ4v) is 2.86. The van der Waals surface area contributed by atoms with Crippen molar-refractivity contribution in [3.05, 3.63) is 60.0 Å². The molecule has 27 heavy (non-hydrogen) atoms. The summed E-state index contributed by atoms with van der Waals surface area (Å²) < 4.78 is 5.07. The molecule has 0 aliphatic carbocycles. The molecule has 0 saturated heterocycles. The van der Waals surface area contributed by atoms with Crippen LogP contribution < -0.4 is 15.5 Å². The molecule has 0 bridgehead atoms. The number of hydrazone groups is 1. The second-order valence-corrected chi connectivity index (χ2v) is 6.13. The Labute approximate surface area is 159 Å². The quantitative estimate of drug-likeness (QED) is 0.503. The number of hydrogen-bond donors (Lipinski definition) is 2. The van der Waals surface area contributed by atoms with Gasteiger partial charge in [0.15, 0.2) is 5.13 Å². The van der Waals surface area contributed by atoms with Crippen LogP contribution in [0, 0.1) is 11.3 Å². The molecule has 0 saturated carbocycles. The fraction of sp³-hybridized carbons (Fsp3) is 0.0526. The Morgan fingerprint density at radius 1 is 1.19 bits per heavy atom. The van der Waals surface area contributed by atoms with Crippen LogP contribution in [-0.4, -0.2) is 23.7 Å². The zero-order valence-electron chi connectivity index (χ0n) is 14.3. The SMILES string of the molecule is COc1ccc(N/N=C(\C#N)C(=O)Nc2nc(-c3ccccc3)cs2)cc1. The van der Waals surface area contributed by atoms with Gasteiger partial charge in [0.2, 0.25) is 5.71 Å². The number of nitrogens with one attached hydrogen (secondary N) is 2. The third kappa shape index (κ3) is 4.68. The van der Waals surface area contributed by atoms with Gasteiger partial charge in [0.05, 0.1) is 18.5 Å². The maximum Gasteiger partial charge on any atom is 0.288 e. The number of aromatic nitrogens is 1. The number of carbonyl (C=O) groups excluding carboxylic acids is 1. The molecule has 0 aliphatic heterocycles. The molecule has 0 spiro atoms. The van der Waals surface area contributed by atoms with Crippen molar-refractivity contribution in [2.75, 3.05) is 17.9 Å². The molecule has 1 amide bonds. The van der Waals surface area contributed by atoms with E-state index in [0.29, 0.717) is 16.6 Å². The number of benzene rings is 2. The van der Waals surface area contributed by atoms with Crippen molar-refractivity contribution >= 4 is 33.8 Å². The highest BCUT2D eigenvalue weighted by Gasteiger charge is 2.14. The normalized spacial score (nSPS) is 10.7. The summed E-state index contributed by atoms with van der Waals surface area (Å²) in [5.74, 6) is 0.0632. The van der Waals surface area contributed by atoms with E-state index in [1.165, 1.54) is 11.3 Å². The standard InChI is InChI=1S/C19H15N5O2S/c1-26-15-9-7-14(8-10-15)23-24-16(11-20)18(25)22-19-21-17(12-27-19)13-5-3-2-4-6-13/h2-10,12,23H,1H3,(H,21,22,25)/b24-16+. The summed E-state index contributed by atoms with van der Waals surface area (Å²) in [6, 6.07) is 18.3. The summed E-state index contributed by atoms with van der Waals surface area (Å²) in [7, 11) is 1.57. The number of carbonyl (C=O) groups is 1. The lowest BCUT2D eigenvalue weighted by Gasteiger charge is -2.03. The van der Waals surface area contributed by atoms with Gasteiger partial charge in [0, 0.05) is 10.9 Å². The highest BCUT2D eigenvalue weighted by molar-refractivity contribution is 7.14. The molecule has 2 N–H and O–H groups in total. The molecule has 0 fully saturated rings. The molecule has 3 rings (SSSR count). The van der Waals surface area contributed by atoms with Gasteiger partial charge in [-0.1, -0.05) is 30.3 Å². The van der Waals surface area contributed by atoms with E-state index in [2.05, 4.69) is 20.8 Å². The van der Waals surface area contributed by atoms with E-state index < -0.39 is 5.91 Å². The Balaban J connectivity index is 1.66. The second-order valence-electron chi connectivity index (χ2n) is 5.27. The Morgan fingerprint density at radius 2 is 1.93 bits per heavy atom. The predicted molar refractivity (Wildman–Crippen MR) is 106 cm³/mol. The molecule has 2 aromatic carbocycles. The van der Waals surface area contributed by atoms with E-state index in [4.69, 9.17) is 4.74 Å². The topological polar surface area (TPSA) is 99.4 Å². The van der Waals surface area contributed by atoms with Crippen molar-refractivity contribution < 1.29 is 9.53 Å². The van der Waals surface area contributed by atoms with Gasteiger partial charge in [-0.2, -0.15) is 10.4 Å². The molecule has 1 heterocycles. The van der Waals surface area contributed by atoms with Gasteiger partial charge >= 0.3 is 0 Å². The maximum atomic E-state index is 12.3. The van der Waals surface area contributed by atoms with Crippen LogP contribution in [0.5, 0.6) is 5.75 Å². The van der Waals surface area contributed by atoms with Gasteiger partial charge in [-0.05, 0) is 24.3 Å². The van der Waals surface area contributed by atoms with Gasteiger partial charge in [-0.3, -0.25) is 15.5 Å². The summed E-state index contributed by atoms with van der Waals surface area (Å²) in [6.07, 6.45) is 0. The lowest BCUT2D eigenvalue weighted by Crippen LogP contribution is -2.22. The molecular weight excluding hydrogens is 362 g/mol. The smallest absolute Gasteiger partial charge is 0.288 e. The number of hydrogen-bond acceptors (Lipinski definition) is 7. The Bertz CT molecular complexity index is 991. The minimum atomic E-state index is -0.632. The number of thiazole rings is 1. The first-order chi connectivity index (χ1) is 13.2. The number of methoxy groups -OCH3 is 1. The van der Waals surface area contributed by atoms with Crippen molar-refractivity contribution in [2.24, 2.45) is 5.10 Å². The first kappa shape index (κ1) is 18.1. The number of rotatable bonds is 6. The van der Waals surface area contributed by atoms with Gasteiger partial charge in [-0.25, -0.2) is 4.98 Å². The van der Waals surface area contributed by atoms with Crippen LogP contribution in [0.15, 0.2) is 65.1 Å². The Morgan fingerprint density at radius 3 is 2.59 bits per heavy atom. The van der Waals surface area contributed by atoms with E-state index in [0.717, 1.165) is 11.3 Å². The van der Waals surface area contributed by atoms with Crippen molar-refractivity contribution in [1.29, 1.82) is 5.26 Å². The van der Waals surface area contributed by atoms with Crippen molar-refractivity contribution in [3.63, 3.8) is 0 Å². The molecular formula is C19H15N5O2S. The molecule has 134 valence electrons. The van der Waals surface area contributed by atoms with E-state index in [1.807, 2.05) is 35.7 Å². The molecule has 3 aromatic rings. The van der Waals surface area contributed by atoms with Crippen molar-refractivity contribution in [3.8, 4) is 23.1 Å². The summed E-state index contributed by atoms with van der Waals surface area (Å²) in [6.45, 7) is 0. The summed E-state index contributed by atoms with van der Waals surface area (Å²) in [4.78, 5) is 16.6. The van der Waals surface area contributed by atoms with Crippen LogP contribution in [0.4, 0.5) is 10.8 Å². The highest BCUT2D eigenvalue weighted by atomic mass is 32.1. The van der Waals surface area contributed by atoms with Crippen molar-refractivity contribution in [1.82, 2.24) is 4.98 Å². The fourth-order valence-electron chi connectivity index (χ4n) is 2.14. The average molecular weight is 377 g/mol. The van der Waals surface area contributed by atoms with Crippen LogP contribution in [0.1, 0.15) is 0 Å². The number of anilines is 2. The van der Waals surface area contributed by atoms with Crippen LogP contribution in [0.3, 0.4) is 0 Å². The van der Waals surface area contributed by atoms with Crippen LogP contribution in [0.25, 0.3) is 11.3 Å². The van der Waals surface area contributed by atoms with Crippen LogP contribution in [-0.2, 0) is 4.79 Å². The van der Waals surface area contributed by atoms with Gasteiger partial charge in [0.25, 0.3) is 5.91 Å². The van der Waals surface area contributed by atoms with Gasteiger partial charge < -0.3 is 4.74 Å². The first-order valence-corrected chi connectivity index (χ1v) is 8.77. The lowest BCUT2D eigenvalue weighted by atomic mass is 10.2. The summed E-state index contributed by atoms with van der Waals surface area (Å²) in [5, 5.41) is 17.9. The monoisotopic (exact) mass is 377 g/mol. The van der Waals surface area contributed by atoms with E-state index in [1.54, 1.807) is 37.4 Å².